The number of nitrogens with one attached hydrogen (secondary N) is 2. The molecule has 2 atom stereocenters. The first-order valence-corrected chi connectivity index (χ1v) is 8.50. The summed E-state index contributed by atoms with van der Waals surface area (Å²) >= 11 is 1.76. The molecule has 1 unspecified atom stereocenters. The van der Waals surface area contributed by atoms with Crippen molar-refractivity contribution >= 4 is 27.5 Å². The molecule has 0 saturated carbocycles. The van der Waals surface area contributed by atoms with Gasteiger partial charge < -0.3 is 10.2 Å². The van der Waals surface area contributed by atoms with E-state index < -0.39 is 0 Å². The van der Waals surface area contributed by atoms with Gasteiger partial charge in [-0.25, -0.2) is 4.98 Å². The van der Waals surface area contributed by atoms with E-state index in [4.69, 9.17) is 11.4 Å². The van der Waals surface area contributed by atoms with Gasteiger partial charge in [0.05, 0.1) is 23.3 Å². The summed E-state index contributed by atoms with van der Waals surface area (Å²) < 4.78 is 1.22. The number of aromatic nitrogens is 1. The van der Waals surface area contributed by atoms with Crippen molar-refractivity contribution in [1.82, 2.24) is 10.3 Å². The Kier molecular flexibility index (Phi) is 4.71. The molecule has 1 aliphatic rings. The molecule has 114 valence electrons. The molecule has 1 saturated heterocycles. The topological polar surface area (TPSA) is 46.4 Å². The number of nitrogens with zero attached hydrogens (tertiary/aromatic N) is 1. The van der Waals surface area contributed by atoms with E-state index in [0.29, 0.717) is 19.1 Å². The summed E-state index contributed by atoms with van der Waals surface area (Å²) in [5.41, 5.74) is 1.06. The molecule has 22 heavy (non-hydrogen) atoms. The largest absolute Gasteiger partial charge is 0.340 e. The van der Waals surface area contributed by atoms with Crippen LogP contribution in [0, 0.1) is 12.3 Å². The molecule has 0 bridgehead atoms. The standard InChI is InChI=1S/C17H19N3OS/c1-2-10-18-16(21)12-20-11-6-5-8-14(20)17-19-13-7-3-4-9-15(13)22-17/h1,3-4,7,9,14H,5-6,8,10-12H2,(H,18,21)/p+1/t14-/m1/s1. The number of hydrogen-bond acceptors (Lipinski definition) is 3. The molecular formula is C17H20N3OS+. The first-order chi connectivity index (χ1) is 10.8. The molecule has 0 radical (unpaired) electrons. The molecule has 2 heterocycles. The molecule has 4 nitrogen and oxygen atoms in total. The van der Waals surface area contributed by atoms with Gasteiger partial charge in [-0.3, -0.25) is 4.79 Å². The quantitative estimate of drug-likeness (QED) is 0.832. The van der Waals surface area contributed by atoms with Gasteiger partial charge in [0.15, 0.2) is 11.6 Å². The van der Waals surface area contributed by atoms with Crippen LogP contribution in [0.3, 0.4) is 0 Å². The predicted octanol–water partition coefficient (Wildman–Crippen LogP) is 1.16. The van der Waals surface area contributed by atoms with Gasteiger partial charge >= 0.3 is 0 Å². The number of rotatable bonds is 4. The van der Waals surface area contributed by atoms with Crippen LogP contribution in [0.2, 0.25) is 0 Å². The molecule has 1 amide bonds. The number of likely N-dealkylation sites (tertiary alicyclic amines) is 1. The highest BCUT2D eigenvalue weighted by molar-refractivity contribution is 7.18. The Balaban J connectivity index is 1.77. The summed E-state index contributed by atoms with van der Waals surface area (Å²) in [7, 11) is 0. The normalized spacial score (nSPS) is 21.4. The zero-order chi connectivity index (χ0) is 15.4. The minimum atomic E-state index is 0.0287. The summed E-state index contributed by atoms with van der Waals surface area (Å²) in [6, 6.07) is 8.55. The van der Waals surface area contributed by atoms with Gasteiger partial charge in [-0.1, -0.05) is 18.1 Å². The Morgan fingerprint density at radius 2 is 2.32 bits per heavy atom. The number of fused-ring (bicyclic) bond motifs is 1. The number of amides is 1. The van der Waals surface area contributed by atoms with Crippen LogP contribution in [0.25, 0.3) is 10.2 Å². The lowest BCUT2D eigenvalue weighted by molar-refractivity contribution is -0.929. The average Bonchev–Trinajstić information content (AvgIpc) is 2.97. The van der Waals surface area contributed by atoms with Crippen LogP contribution in [0.15, 0.2) is 24.3 Å². The van der Waals surface area contributed by atoms with Gasteiger partial charge in [0.25, 0.3) is 5.91 Å². The number of para-hydroxylation sites is 1. The fourth-order valence-electron chi connectivity index (χ4n) is 3.05. The van der Waals surface area contributed by atoms with E-state index in [1.165, 1.54) is 22.4 Å². The molecule has 2 aromatic rings. The molecule has 1 aromatic heterocycles. The first-order valence-electron chi connectivity index (χ1n) is 7.68. The summed E-state index contributed by atoms with van der Waals surface area (Å²) in [4.78, 5) is 18.1. The lowest BCUT2D eigenvalue weighted by Gasteiger charge is -2.30. The van der Waals surface area contributed by atoms with Gasteiger partial charge in [0, 0.05) is 6.42 Å². The summed E-state index contributed by atoms with van der Waals surface area (Å²) in [5.74, 6) is 2.47. The predicted molar refractivity (Wildman–Crippen MR) is 88.8 cm³/mol. The lowest BCUT2D eigenvalue weighted by Crippen LogP contribution is -3.14. The molecule has 3 rings (SSSR count). The minimum absolute atomic E-state index is 0.0287. The highest BCUT2D eigenvalue weighted by atomic mass is 32.1. The summed E-state index contributed by atoms with van der Waals surface area (Å²) in [6.45, 7) is 1.80. The zero-order valence-corrected chi connectivity index (χ0v) is 13.3. The van der Waals surface area contributed by atoms with Crippen LogP contribution >= 0.6 is 11.3 Å². The second-order valence-corrected chi connectivity index (χ2v) is 6.70. The van der Waals surface area contributed by atoms with Gasteiger partial charge in [-0.05, 0) is 25.0 Å². The van der Waals surface area contributed by atoms with Crippen LogP contribution in [0.5, 0.6) is 0 Å². The van der Waals surface area contributed by atoms with Crippen molar-refractivity contribution in [2.24, 2.45) is 0 Å². The fraction of sp³-hybridized carbons (Fsp3) is 0.412. The van der Waals surface area contributed by atoms with Crippen molar-refractivity contribution in [2.45, 2.75) is 25.3 Å². The Hall–Kier alpha value is -1.90. The molecule has 5 heteroatoms. The van der Waals surface area contributed by atoms with Crippen molar-refractivity contribution in [1.29, 1.82) is 0 Å². The van der Waals surface area contributed by atoms with Gasteiger partial charge in [0.2, 0.25) is 0 Å². The maximum atomic E-state index is 12.0. The third-order valence-electron chi connectivity index (χ3n) is 4.12. The van der Waals surface area contributed by atoms with Gasteiger partial charge in [0.1, 0.15) is 6.04 Å². The molecular weight excluding hydrogens is 294 g/mol. The van der Waals surface area contributed by atoms with E-state index in [2.05, 4.69) is 23.4 Å². The van der Waals surface area contributed by atoms with Crippen molar-refractivity contribution in [3.05, 3.63) is 29.3 Å². The van der Waals surface area contributed by atoms with Crippen LogP contribution in [0.1, 0.15) is 30.3 Å². The summed E-state index contributed by atoms with van der Waals surface area (Å²) in [6.07, 6.45) is 8.66. The number of hydrogen-bond donors (Lipinski definition) is 2. The highest BCUT2D eigenvalue weighted by Gasteiger charge is 2.31. The maximum Gasteiger partial charge on any atom is 0.275 e. The third kappa shape index (κ3) is 3.29. The first kappa shape index (κ1) is 15.0. The van der Waals surface area contributed by atoms with Gasteiger partial charge in [-0.15, -0.1) is 17.8 Å². The molecule has 1 fully saturated rings. The molecule has 2 N–H and O–H groups in total. The SMILES string of the molecule is C#CCNC(=O)C[NH+]1CCCC[C@@H]1c1nc2ccccc2s1. The van der Waals surface area contributed by atoms with Crippen LogP contribution < -0.4 is 10.2 Å². The number of thiazole rings is 1. The average molecular weight is 314 g/mol. The van der Waals surface area contributed by atoms with Crippen LogP contribution in [0.4, 0.5) is 0 Å². The fourth-order valence-corrected chi connectivity index (χ4v) is 4.21. The molecule has 1 aromatic carbocycles. The Morgan fingerprint density at radius 1 is 1.45 bits per heavy atom. The van der Waals surface area contributed by atoms with E-state index in [9.17, 15) is 4.79 Å². The van der Waals surface area contributed by atoms with E-state index in [0.717, 1.165) is 23.5 Å². The van der Waals surface area contributed by atoms with Crippen LogP contribution in [-0.2, 0) is 4.79 Å². The van der Waals surface area contributed by atoms with Gasteiger partial charge in [-0.2, -0.15) is 0 Å². The van der Waals surface area contributed by atoms with E-state index >= 15 is 0 Å². The molecule has 1 aliphatic heterocycles. The van der Waals surface area contributed by atoms with Crippen molar-refractivity contribution in [2.75, 3.05) is 19.6 Å². The number of carbonyl (C=O) groups is 1. The number of carbonyl (C=O) groups excluding carboxylic acids is 1. The number of benzene rings is 1. The lowest BCUT2D eigenvalue weighted by atomic mass is 10.0. The Labute approximate surface area is 134 Å². The second-order valence-electron chi connectivity index (χ2n) is 5.63. The van der Waals surface area contributed by atoms with Crippen molar-refractivity contribution < 1.29 is 9.69 Å². The molecule has 0 spiro atoms. The maximum absolute atomic E-state index is 12.0. The number of piperidine rings is 1. The minimum Gasteiger partial charge on any atom is -0.340 e. The van der Waals surface area contributed by atoms with E-state index in [-0.39, 0.29) is 5.91 Å². The van der Waals surface area contributed by atoms with E-state index in [1.807, 2.05) is 12.1 Å². The summed E-state index contributed by atoms with van der Waals surface area (Å²) in [5, 5.41) is 3.92. The van der Waals surface area contributed by atoms with E-state index in [1.54, 1.807) is 11.3 Å². The van der Waals surface area contributed by atoms with Crippen molar-refractivity contribution in [3.63, 3.8) is 0 Å². The number of quaternary nitrogens is 1. The Morgan fingerprint density at radius 3 is 3.14 bits per heavy atom. The van der Waals surface area contributed by atoms with Crippen LogP contribution in [-0.4, -0.2) is 30.5 Å². The Bertz CT molecular complexity index is 670. The third-order valence-corrected chi connectivity index (χ3v) is 5.27. The van der Waals surface area contributed by atoms with Crippen molar-refractivity contribution in [3.8, 4) is 12.3 Å². The highest BCUT2D eigenvalue weighted by Crippen LogP contribution is 2.28. The monoisotopic (exact) mass is 314 g/mol. The molecule has 0 aliphatic carbocycles. The second kappa shape index (κ2) is 6.91. The number of terminal acetylenes is 1. The smallest absolute Gasteiger partial charge is 0.275 e. The zero-order valence-electron chi connectivity index (χ0n) is 12.5.